The monoisotopic (exact) mass is 388 g/mol. The number of Topliss-reactive ketones (excluding diaryl/α,β-unsaturated/α-hetero) is 1. The minimum absolute atomic E-state index is 0.0581. The van der Waals surface area contributed by atoms with Crippen LogP contribution in [0.3, 0.4) is 0 Å². The largest absolute Gasteiger partial charge is 0.311 e. The van der Waals surface area contributed by atoms with Gasteiger partial charge in [-0.3, -0.25) is 9.59 Å². The van der Waals surface area contributed by atoms with Gasteiger partial charge in [-0.1, -0.05) is 12.1 Å². The first kappa shape index (κ1) is 20.8. The van der Waals surface area contributed by atoms with E-state index in [1.54, 1.807) is 43.3 Å². The highest BCUT2D eigenvalue weighted by Crippen LogP contribution is 2.18. The van der Waals surface area contributed by atoms with Crippen molar-refractivity contribution < 1.29 is 18.0 Å². The summed E-state index contributed by atoms with van der Waals surface area (Å²) in [5, 5.41) is 0. The third-order valence-electron chi connectivity index (χ3n) is 4.23. The maximum Gasteiger partial charge on any atom is 0.240 e. The predicted molar refractivity (Wildman–Crippen MR) is 106 cm³/mol. The van der Waals surface area contributed by atoms with Gasteiger partial charge in [0.1, 0.15) is 0 Å². The van der Waals surface area contributed by atoms with Crippen molar-refractivity contribution in [3.8, 4) is 0 Å². The van der Waals surface area contributed by atoms with E-state index in [1.807, 2.05) is 13.0 Å². The van der Waals surface area contributed by atoms with E-state index in [0.717, 1.165) is 5.56 Å². The molecule has 144 valence electrons. The van der Waals surface area contributed by atoms with Gasteiger partial charge >= 0.3 is 0 Å². The van der Waals surface area contributed by atoms with Crippen molar-refractivity contribution in [3.05, 3.63) is 59.2 Å². The first-order valence-corrected chi connectivity index (χ1v) is 10.1. The van der Waals surface area contributed by atoms with Crippen LogP contribution in [0.15, 0.2) is 47.4 Å². The number of nitrogens with zero attached hydrogens (tertiary/aromatic N) is 1. The molecule has 0 saturated heterocycles. The molecular weight excluding hydrogens is 364 g/mol. The second-order valence-electron chi connectivity index (χ2n) is 6.44. The van der Waals surface area contributed by atoms with Crippen molar-refractivity contribution >= 4 is 27.4 Å². The highest BCUT2D eigenvalue weighted by molar-refractivity contribution is 7.89. The van der Waals surface area contributed by atoms with Gasteiger partial charge < -0.3 is 4.90 Å². The number of hydrogen-bond acceptors (Lipinski definition) is 4. The van der Waals surface area contributed by atoms with Crippen molar-refractivity contribution in [1.82, 2.24) is 4.72 Å². The molecule has 2 aromatic carbocycles. The van der Waals surface area contributed by atoms with Gasteiger partial charge in [0.25, 0.3) is 0 Å². The lowest BCUT2D eigenvalue weighted by atomic mass is 10.1. The number of carbonyl (C=O) groups is 2. The topological polar surface area (TPSA) is 83.6 Å². The predicted octanol–water partition coefficient (Wildman–Crippen LogP) is 2.84. The molecule has 0 aromatic heterocycles. The fraction of sp³-hybridized carbons (Fsp3) is 0.300. The molecule has 0 heterocycles. The van der Waals surface area contributed by atoms with Crippen molar-refractivity contribution in [2.75, 3.05) is 18.0 Å². The van der Waals surface area contributed by atoms with Crippen molar-refractivity contribution in [1.29, 1.82) is 0 Å². The Balaban J connectivity index is 2.11. The summed E-state index contributed by atoms with van der Waals surface area (Å²) in [6.45, 7) is 6.72. The zero-order valence-corrected chi connectivity index (χ0v) is 16.8. The molecule has 0 unspecified atom stereocenters. The molecule has 0 atom stereocenters. The van der Waals surface area contributed by atoms with E-state index in [0.29, 0.717) is 16.8 Å². The smallest absolute Gasteiger partial charge is 0.240 e. The molecule has 0 spiro atoms. The number of aryl methyl sites for hydroxylation is 2. The highest BCUT2D eigenvalue weighted by atomic mass is 32.2. The molecule has 1 amide bonds. The number of benzene rings is 2. The van der Waals surface area contributed by atoms with Crippen LogP contribution in [0.2, 0.25) is 0 Å². The van der Waals surface area contributed by atoms with Gasteiger partial charge in [-0.05, 0) is 62.2 Å². The Morgan fingerprint density at radius 1 is 1.00 bits per heavy atom. The van der Waals surface area contributed by atoms with Crippen LogP contribution in [0.4, 0.5) is 5.69 Å². The number of hydrogen-bond donors (Lipinski definition) is 1. The number of sulfonamides is 1. The lowest BCUT2D eigenvalue weighted by Gasteiger charge is -2.22. The third kappa shape index (κ3) is 5.24. The SMILES string of the molecule is CC(=O)c1ccc(N(CCNS(=O)(=O)c2cc(C)ccc2C)C(C)=O)cc1. The van der Waals surface area contributed by atoms with Crippen LogP contribution in [0.5, 0.6) is 0 Å². The summed E-state index contributed by atoms with van der Waals surface area (Å²) >= 11 is 0. The summed E-state index contributed by atoms with van der Waals surface area (Å²) in [6, 6.07) is 11.9. The van der Waals surface area contributed by atoms with Crippen LogP contribution in [0.25, 0.3) is 0 Å². The second kappa shape index (κ2) is 8.45. The van der Waals surface area contributed by atoms with E-state index < -0.39 is 10.0 Å². The molecule has 27 heavy (non-hydrogen) atoms. The van der Waals surface area contributed by atoms with Crippen LogP contribution < -0.4 is 9.62 Å². The molecule has 2 rings (SSSR count). The average molecular weight is 388 g/mol. The standard InChI is InChI=1S/C20H24N2O4S/c1-14-5-6-15(2)20(13-14)27(25,26)21-11-12-22(17(4)24)19-9-7-18(8-10-19)16(3)23/h5-10,13,21H,11-12H2,1-4H3. The fourth-order valence-electron chi connectivity index (χ4n) is 2.71. The number of anilines is 1. The molecule has 2 aromatic rings. The van der Waals surface area contributed by atoms with Gasteiger partial charge in [0.2, 0.25) is 15.9 Å². The maximum absolute atomic E-state index is 12.6. The van der Waals surface area contributed by atoms with E-state index in [1.165, 1.54) is 18.7 Å². The summed E-state index contributed by atoms with van der Waals surface area (Å²) < 4.78 is 27.7. The van der Waals surface area contributed by atoms with E-state index in [9.17, 15) is 18.0 Å². The van der Waals surface area contributed by atoms with Crippen molar-refractivity contribution in [2.45, 2.75) is 32.6 Å². The molecule has 0 fully saturated rings. The Morgan fingerprint density at radius 2 is 1.63 bits per heavy atom. The van der Waals surface area contributed by atoms with Crippen molar-refractivity contribution in [3.63, 3.8) is 0 Å². The molecule has 6 nitrogen and oxygen atoms in total. The quantitative estimate of drug-likeness (QED) is 0.739. The molecule has 0 aliphatic rings. The van der Waals surface area contributed by atoms with Crippen LogP contribution in [0, 0.1) is 13.8 Å². The minimum Gasteiger partial charge on any atom is -0.311 e. The Labute approximate surface area is 160 Å². The summed E-state index contributed by atoms with van der Waals surface area (Å²) in [5.41, 5.74) is 2.68. The lowest BCUT2D eigenvalue weighted by molar-refractivity contribution is -0.116. The van der Waals surface area contributed by atoms with Crippen LogP contribution >= 0.6 is 0 Å². The molecule has 0 aliphatic heterocycles. The van der Waals surface area contributed by atoms with Gasteiger partial charge in [-0.2, -0.15) is 0 Å². The summed E-state index contributed by atoms with van der Waals surface area (Å²) in [7, 11) is -3.67. The molecular formula is C20H24N2O4S. The normalized spacial score (nSPS) is 11.3. The summed E-state index contributed by atoms with van der Waals surface area (Å²) in [5.74, 6) is -0.270. The molecule has 7 heteroatoms. The Morgan fingerprint density at radius 3 is 2.19 bits per heavy atom. The van der Waals surface area contributed by atoms with E-state index >= 15 is 0 Å². The van der Waals surface area contributed by atoms with Gasteiger partial charge in [0.05, 0.1) is 4.90 Å². The Bertz CT molecular complexity index is 950. The lowest BCUT2D eigenvalue weighted by Crippen LogP contribution is -2.37. The number of carbonyl (C=O) groups excluding carboxylic acids is 2. The summed E-state index contributed by atoms with van der Waals surface area (Å²) in [4.78, 5) is 25.0. The van der Waals surface area contributed by atoms with Gasteiger partial charge in [0, 0.05) is 31.3 Å². The van der Waals surface area contributed by atoms with Gasteiger partial charge in [-0.25, -0.2) is 13.1 Å². The Hall–Kier alpha value is -2.51. The highest BCUT2D eigenvalue weighted by Gasteiger charge is 2.18. The first-order chi connectivity index (χ1) is 12.6. The first-order valence-electron chi connectivity index (χ1n) is 8.58. The third-order valence-corrected chi connectivity index (χ3v) is 5.83. The van der Waals surface area contributed by atoms with Gasteiger partial charge in [0.15, 0.2) is 5.78 Å². The van der Waals surface area contributed by atoms with E-state index in [2.05, 4.69) is 4.72 Å². The van der Waals surface area contributed by atoms with E-state index in [-0.39, 0.29) is 29.7 Å². The van der Waals surface area contributed by atoms with Crippen LogP contribution in [-0.4, -0.2) is 33.2 Å². The van der Waals surface area contributed by atoms with Crippen LogP contribution in [0.1, 0.15) is 35.3 Å². The number of ketones is 1. The maximum atomic E-state index is 12.6. The molecule has 0 bridgehead atoms. The molecule has 0 radical (unpaired) electrons. The summed E-state index contributed by atoms with van der Waals surface area (Å²) in [6.07, 6.45) is 0. The average Bonchev–Trinajstić information content (AvgIpc) is 2.60. The minimum atomic E-state index is -3.67. The van der Waals surface area contributed by atoms with E-state index in [4.69, 9.17) is 0 Å². The number of amides is 1. The second-order valence-corrected chi connectivity index (χ2v) is 8.18. The van der Waals surface area contributed by atoms with Gasteiger partial charge in [-0.15, -0.1) is 0 Å². The Kier molecular flexibility index (Phi) is 6.51. The van der Waals surface area contributed by atoms with Crippen LogP contribution in [-0.2, 0) is 14.8 Å². The number of nitrogens with one attached hydrogen (secondary N) is 1. The zero-order valence-electron chi connectivity index (χ0n) is 15.9. The van der Waals surface area contributed by atoms with Crippen molar-refractivity contribution in [2.24, 2.45) is 0 Å². The fourth-order valence-corrected chi connectivity index (χ4v) is 4.06. The molecule has 0 aliphatic carbocycles. The number of rotatable bonds is 7. The molecule has 0 saturated carbocycles. The zero-order chi connectivity index (χ0) is 20.2. The molecule has 1 N–H and O–H groups in total.